The van der Waals surface area contributed by atoms with Crippen LogP contribution in [0.25, 0.3) is 0 Å². The van der Waals surface area contributed by atoms with Gasteiger partial charge in [0, 0.05) is 24.1 Å². The molecular weight excluding hydrogens is 368 g/mol. The molecule has 1 aromatic heterocycles. The molecule has 1 amide bonds. The van der Waals surface area contributed by atoms with Crippen molar-refractivity contribution >= 4 is 17.5 Å². The lowest BCUT2D eigenvalue weighted by Gasteiger charge is -2.25. The largest absolute Gasteiger partial charge is 0.491 e. The average Bonchev–Trinajstić information content (AvgIpc) is 3.04. The van der Waals surface area contributed by atoms with Crippen molar-refractivity contribution < 1.29 is 23.0 Å². The summed E-state index contributed by atoms with van der Waals surface area (Å²) in [6.07, 6.45) is -2.99. The third kappa shape index (κ3) is 3.33. The minimum Gasteiger partial charge on any atom is -0.491 e. The highest BCUT2D eigenvalue weighted by atomic mass is 35.5. The third-order valence-electron chi connectivity index (χ3n) is 4.42. The van der Waals surface area contributed by atoms with E-state index in [0.29, 0.717) is 18.1 Å². The Morgan fingerprint density at radius 3 is 3.04 bits per heavy atom. The first kappa shape index (κ1) is 17.1. The van der Waals surface area contributed by atoms with Crippen LogP contribution in [-0.4, -0.2) is 40.9 Å². The summed E-state index contributed by atoms with van der Waals surface area (Å²) in [7, 11) is 0. The Labute approximate surface area is 153 Å². The molecule has 0 aliphatic carbocycles. The molecule has 26 heavy (non-hydrogen) atoms. The second-order valence-electron chi connectivity index (χ2n) is 6.31. The van der Waals surface area contributed by atoms with Crippen molar-refractivity contribution in [2.45, 2.75) is 38.0 Å². The predicted octanol–water partition coefficient (Wildman–Crippen LogP) is 2.69. The van der Waals surface area contributed by atoms with Gasteiger partial charge in [0.05, 0.1) is 6.04 Å². The highest BCUT2D eigenvalue weighted by molar-refractivity contribution is 6.30. The summed E-state index contributed by atoms with van der Waals surface area (Å²) in [6, 6.07) is 6.51. The molecule has 9 heteroatoms. The molecule has 2 atom stereocenters. The zero-order valence-corrected chi connectivity index (χ0v) is 14.4. The SMILES string of the molecule is O=C(NC1COc2ccc(Cl)cc2C1)c1cc2n(n1)CCC(C(F)F)O2. The van der Waals surface area contributed by atoms with Crippen molar-refractivity contribution in [3.05, 3.63) is 40.5 Å². The molecular formula is C17H16ClF2N3O3. The third-order valence-corrected chi connectivity index (χ3v) is 4.65. The fraction of sp³-hybridized carbons (Fsp3) is 0.412. The van der Waals surface area contributed by atoms with Gasteiger partial charge in [-0.1, -0.05) is 11.6 Å². The minimum atomic E-state index is -2.57. The molecule has 0 radical (unpaired) electrons. The van der Waals surface area contributed by atoms with Gasteiger partial charge < -0.3 is 14.8 Å². The predicted molar refractivity (Wildman–Crippen MR) is 89.2 cm³/mol. The first-order valence-corrected chi connectivity index (χ1v) is 8.62. The van der Waals surface area contributed by atoms with Gasteiger partial charge in [-0.3, -0.25) is 4.79 Å². The van der Waals surface area contributed by atoms with Gasteiger partial charge in [-0.2, -0.15) is 5.10 Å². The molecule has 2 aromatic rings. The molecule has 138 valence electrons. The van der Waals surface area contributed by atoms with E-state index in [4.69, 9.17) is 21.1 Å². The average molecular weight is 384 g/mol. The maximum Gasteiger partial charge on any atom is 0.274 e. The highest BCUT2D eigenvalue weighted by Gasteiger charge is 2.30. The number of alkyl halides is 2. The van der Waals surface area contributed by atoms with E-state index in [1.807, 2.05) is 6.07 Å². The number of benzene rings is 1. The van der Waals surface area contributed by atoms with Crippen LogP contribution >= 0.6 is 11.6 Å². The first-order valence-electron chi connectivity index (χ1n) is 8.24. The standard InChI is InChI=1S/C17H16ClF2N3O3/c18-10-1-2-13-9(5-10)6-11(8-25-13)21-17(24)12-7-15-23(22-12)4-3-14(26-15)16(19)20/h1-2,5,7,11,14,16H,3-4,6,8H2,(H,21,24). The summed E-state index contributed by atoms with van der Waals surface area (Å²) in [5.74, 6) is 0.538. The summed E-state index contributed by atoms with van der Waals surface area (Å²) in [5.41, 5.74) is 1.05. The van der Waals surface area contributed by atoms with Crippen LogP contribution in [-0.2, 0) is 13.0 Å². The number of nitrogens with zero attached hydrogens (tertiary/aromatic N) is 2. The lowest BCUT2D eigenvalue weighted by Crippen LogP contribution is -2.42. The smallest absolute Gasteiger partial charge is 0.274 e. The van der Waals surface area contributed by atoms with Crippen LogP contribution in [0, 0.1) is 0 Å². The molecule has 0 fully saturated rings. The minimum absolute atomic E-state index is 0.131. The zero-order chi connectivity index (χ0) is 18.3. The topological polar surface area (TPSA) is 65.4 Å². The van der Waals surface area contributed by atoms with E-state index < -0.39 is 18.4 Å². The molecule has 0 spiro atoms. The number of carbonyl (C=O) groups excluding carboxylic acids is 1. The number of nitrogens with one attached hydrogen (secondary N) is 1. The number of rotatable bonds is 3. The Morgan fingerprint density at radius 1 is 1.38 bits per heavy atom. The van der Waals surface area contributed by atoms with Gasteiger partial charge in [-0.15, -0.1) is 0 Å². The van der Waals surface area contributed by atoms with Crippen LogP contribution in [0.3, 0.4) is 0 Å². The highest BCUT2D eigenvalue weighted by Crippen LogP contribution is 2.28. The van der Waals surface area contributed by atoms with Gasteiger partial charge in [0.25, 0.3) is 12.3 Å². The second kappa shape index (κ2) is 6.75. The van der Waals surface area contributed by atoms with Crippen LogP contribution in [0.5, 0.6) is 11.6 Å². The van der Waals surface area contributed by atoms with E-state index in [9.17, 15) is 13.6 Å². The zero-order valence-electron chi connectivity index (χ0n) is 13.6. The van der Waals surface area contributed by atoms with Crippen molar-refractivity contribution in [3.63, 3.8) is 0 Å². The molecule has 2 unspecified atom stereocenters. The number of hydrogen-bond acceptors (Lipinski definition) is 4. The Hall–Kier alpha value is -2.35. The van der Waals surface area contributed by atoms with Crippen LogP contribution in [0.4, 0.5) is 8.78 Å². The number of aryl methyl sites for hydroxylation is 1. The number of fused-ring (bicyclic) bond motifs is 2. The van der Waals surface area contributed by atoms with Gasteiger partial charge in [0.15, 0.2) is 11.8 Å². The van der Waals surface area contributed by atoms with E-state index >= 15 is 0 Å². The molecule has 2 aliphatic rings. The molecule has 1 N–H and O–H groups in total. The normalized spacial score (nSPS) is 21.4. The lowest BCUT2D eigenvalue weighted by molar-refractivity contribution is -0.0135. The molecule has 3 heterocycles. The fourth-order valence-corrected chi connectivity index (χ4v) is 3.32. The van der Waals surface area contributed by atoms with Crippen LogP contribution < -0.4 is 14.8 Å². The number of amides is 1. The van der Waals surface area contributed by atoms with Gasteiger partial charge in [-0.05, 0) is 30.2 Å². The van der Waals surface area contributed by atoms with Gasteiger partial charge >= 0.3 is 0 Å². The van der Waals surface area contributed by atoms with Gasteiger partial charge in [0.1, 0.15) is 12.4 Å². The summed E-state index contributed by atoms with van der Waals surface area (Å²) in [6.45, 7) is 0.619. The number of halogens is 3. The molecule has 1 aromatic carbocycles. The maximum atomic E-state index is 12.8. The van der Waals surface area contributed by atoms with E-state index in [2.05, 4.69) is 10.4 Å². The molecule has 6 nitrogen and oxygen atoms in total. The van der Waals surface area contributed by atoms with E-state index in [1.54, 1.807) is 12.1 Å². The lowest BCUT2D eigenvalue weighted by atomic mass is 10.0. The fourth-order valence-electron chi connectivity index (χ4n) is 3.12. The van der Waals surface area contributed by atoms with Gasteiger partial charge in [-0.25, -0.2) is 13.5 Å². The van der Waals surface area contributed by atoms with Gasteiger partial charge in [0.2, 0.25) is 5.88 Å². The number of ether oxygens (including phenoxy) is 2. The molecule has 2 aliphatic heterocycles. The maximum absolute atomic E-state index is 12.8. The quantitative estimate of drug-likeness (QED) is 0.885. The molecule has 0 saturated heterocycles. The summed E-state index contributed by atoms with van der Waals surface area (Å²) >= 11 is 6.00. The van der Waals surface area contributed by atoms with E-state index in [0.717, 1.165) is 11.3 Å². The summed E-state index contributed by atoms with van der Waals surface area (Å²) in [4.78, 5) is 12.5. The molecule has 0 bridgehead atoms. The molecule has 4 rings (SSSR count). The summed E-state index contributed by atoms with van der Waals surface area (Å²) in [5, 5.41) is 7.60. The number of aromatic nitrogens is 2. The van der Waals surface area contributed by atoms with Crippen molar-refractivity contribution in [1.29, 1.82) is 0 Å². The Kier molecular flexibility index (Phi) is 4.44. The second-order valence-corrected chi connectivity index (χ2v) is 6.74. The van der Waals surface area contributed by atoms with Crippen molar-refractivity contribution in [2.75, 3.05) is 6.61 Å². The van der Waals surface area contributed by atoms with Crippen molar-refractivity contribution in [3.8, 4) is 11.6 Å². The van der Waals surface area contributed by atoms with Crippen molar-refractivity contribution in [1.82, 2.24) is 15.1 Å². The van der Waals surface area contributed by atoms with Crippen molar-refractivity contribution in [2.24, 2.45) is 0 Å². The Balaban J connectivity index is 1.43. The van der Waals surface area contributed by atoms with Crippen LogP contribution in [0.15, 0.2) is 24.3 Å². The first-order chi connectivity index (χ1) is 12.5. The van der Waals surface area contributed by atoms with Crippen LogP contribution in [0.1, 0.15) is 22.5 Å². The monoisotopic (exact) mass is 383 g/mol. The van der Waals surface area contributed by atoms with E-state index in [-0.39, 0.29) is 30.6 Å². The molecule has 0 saturated carbocycles. The number of carbonyl (C=O) groups is 1. The Bertz CT molecular complexity index is 843. The number of hydrogen-bond donors (Lipinski definition) is 1. The van der Waals surface area contributed by atoms with E-state index in [1.165, 1.54) is 10.7 Å². The van der Waals surface area contributed by atoms with Crippen LogP contribution in [0.2, 0.25) is 5.02 Å². The summed E-state index contributed by atoms with van der Waals surface area (Å²) < 4.78 is 37.8. The Morgan fingerprint density at radius 2 is 2.23 bits per heavy atom.